The second kappa shape index (κ2) is 5.78. The van der Waals surface area contributed by atoms with Crippen molar-refractivity contribution in [1.82, 2.24) is 9.71 Å². The number of benzene rings is 1. The lowest BCUT2D eigenvalue weighted by molar-refractivity contribution is 0.0976. The van der Waals surface area contributed by atoms with Gasteiger partial charge in [-0.1, -0.05) is 29.3 Å². The number of nitrogens with zero attached hydrogens (tertiary/aromatic N) is 1. The number of carbonyl (C=O) groups is 1. The van der Waals surface area contributed by atoms with E-state index in [0.717, 1.165) is 0 Å². The van der Waals surface area contributed by atoms with Crippen LogP contribution in [0, 0.1) is 0 Å². The SMILES string of the molecule is O=C(NS(=O)(=O)c1cc(Cl)cc(Cl)c1)c1ccccn1. The average Bonchev–Trinajstić information content (AvgIpc) is 2.38. The fourth-order valence-corrected chi connectivity index (χ4v) is 3.10. The number of hydrogen-bond donors (Lipinski definition) is 1. The zero-order chi connectivity index (χ0) is 14.8. The summed E-state index contributed by atoms with van der Waals surface area (Å²) < 4.78 is 26.0. The minimum absolute atomic E-state index is 0.01000. The summed E-state index contributed by atoms with van der Waals surface area (Å²) in [6, 6.07) is 8.37. The number of rotatable bonds is 3. The van der Waals surface area contributed by atoms with Gasteiger partial charge in [0, 0.05) is 16.2 Å². The van der Waals surface area contributed by atoms with Crippen molar-refractivity contribution in [2.45, 2.75) is 4.90 Å². The largest absolute Gasteiger partial charge is 0.283 e. The highest BCUT2D eigenvalue weighted by atomic mass is 35.5. The molecule has 0 bridgehead atoms. The topological polar surface area (TPSA) is 76.1 Å². The summed E-state index contributed by atoms with van der Waals surface area (Å²) in [6.45, 7) is 0. The van der Waals surface area contributed by atoms with Crippen LogP contribution >= 0.6 is 23.2 Å². The molecule has 5 nitrogen and oxygen atoms in total. The van der Waals surface area contributed by atoms with Gasteiger partial charge in [0.1, 0.15) is 5.69 Å². The number of hydrogen-bond acceptors (Lipinski definition) is 4. The minimum atomic E-state index is -4.06. The lowest BCUT2D eigenvalue weighted by atomic mass is 10.3. The Morgan fingerprint density at radius 3 is 2.30 bits per heavy atom. The monoisotopic (exact) mass is 330 g/mol. The molecule has 1 aromatic heterocycles. The third kappa shape index (κ3) is 3.47. The Morgan fingerprint density at radius 2 is 1.75 bits per heavy atom. The molecule has 0 atom stereocenters. The van der Waals surface area contributed by atoms with Crippen LogP contribution in [0.2, 0.25) is 10.0 Å². The number of pyridine rings is 1. The molecule has 1 aromatic carbocycles. The van der Waals surface area contributed by atoms with Gasteiger partial charge in [0.05, 0.1) is 4.90 Å². The highest BCUT2D eigenvalue weighted by Gasteiger charge is 2.20. The molecule has 0 aliphatic rings. The van der Waals surface area contributed by atoms with E-state index in [9.17, 15) is 13.2 Å². The highest BCUT2D eigenvalue weighted by Crippen LogP contribution is 2.22. The van der Waals surface area contributed by atoms with Crippen molar-refractivity contribution >= 4 is 39.1 Å². The summed E-state index contributed by atoms with van der Waals surface area (Å²) in [5.41, 5.74) is -0.01000. The Hall–Kier alpha value is -1.63. The number of halogens is 2. The molecule has 0 spiro atoms. The molecule has 2 rings (SSSR count). The van der Waals surface area contributed by atoms with E-state index < -0.39 is 15.9 Å². The Bertz CT molecular complexity index is 728. The maximum Gasteiger partial charge on any atom is 0.283 e. The van der Waals surface area contributed by atoms with E-state index in [1.807, 2.05) is 4.72 Å². The Kier molecular flexibility index (Phi) is 4.27. The van der Waals surface area contributed by atoms with Crippen LogP contribution in [0.3, 0.4) is 0 Å². The summed E-state index contributed by atoms with van der Waals surface area (Å²) in [4.78, 5) is 15.4. The lowest BCUT2D eigenvalue weighted by Gasteiger charge is -2.07. The molecule has 0 fully saturated rings. The van der Waals surface area contributed by atoms with Gasteiger partial charge in [0.25, 0.3) is 15.9 Å². The molecule has 104 valence electrons. The van der Waals surface area contributed by atoms with Crippen LogP contribution in [0.15, 0.2) is 47.5 Å². The maximum atomic E-state index is 12.0. The first-order chi connectivity index (χ1) is 9.38. The Balaban J connectivity index is 2.30. The van der Waals surface area contributed by atoms with E-state index in [-0.39, 0.29) is 20.6 Å². The first-order valence-electron chi connectivity index (χ1n) is 5.33. The summed E-state index contributed by atoms with van der Waals surface area (Å²) in [5.74, 6) is -0.832. The average molecular weight is 331 g/mol. The molecule has 0 aliphatic heterocycles. The van der Waals surface area contributed by atoms with Gasteiger partial charge in [-0.05, 0) is 30.3 Å². The molecular formula is C12H8Cl2N2O3S. The molecule has 0 radical (unpaired) electrons. The fourth-order valence-electron chi connectivity index (χ4n) is 1.41. The zero-order valence-corrected chi connectivity index (χ0v) is 12.2. The van der Waals surface area contributed by atoms with E-state index in [2.05, 4.69) is 4.98 Å². The summed E-state index contributed by atoms with van der Waals surface area (Å²) >= 11 is 11.5. The molecule has 1 N–H and O–H groups in total. The van der Waals surface area contributed by atoms with Gasteiger partial charge < -0.3 is 0 Å². The first kappa shape index (κ1) is 14.8. The van der Waals surface area contributed by atoms with Crippen LogP contribution < -0.4 is 4.72 Å². The first-order valence-corrected chi connectivity index (χ1v) is 7.57. The van der Waals surface area contributed by atoms with E-state index in [4.69, 9.17) is 23.2 Å². The van der Waals surface area contributed by atoms with Gasteiger partial charge in [0.15, 0.2) is 0 Å². The molecule has 0 saturated heterocycles. The van der Waals surface area contributed by atoms with Crippen LogP contribution in [-0.2, 0) is 10.0 Å². The van der Waals surface area contributed by atoms with Crippen LogP contribution in [0.25, 0.3) is 0 Å². The zero-order valence-electron chi connectivity index (χ0n) is 9.88. The van der Waals surface area contributed by atoms with Crippen molar-refractivity contribution in [3.05, 3.63) is 58.3 Å². The van der Waals surface area contributed by atoms with E-state index in [0.29, 0.717) is 0 Å². The van der Waals surface area contributed by atoms with Crippen molar-refractivity contribution in [2.75, 3.05) is 0 Å². The number of sulfonamides is 1. The maximum absolute atomic E-state index is 12.0. The fraction of sp³-hybridized carbons (Fsp3) is 0. The molecule has 0 unspecified atom stereocenters. The van der Waals surface area contributed by atoms with Crippen molar-refractivity contribution in [3.63, 3.8) is 0 Å². The quantitative estimate of drug-likeness (QED) is 0.938. The predicted molar refractivity (Wildman–Crippen MR) is 75.4 cm³/mol. The third-order valence-electron chi connectivity index (χ3n) is 2.27. The Labute approximate surface area is 125 Å². The summed E-state index contributed by atoms with van der Waals surface area (Å²) in [7, 11) is -4.06. The van der Waals surface area contributed by atoms with E-state index in [1.54, 1.807) is 12.1 Å². The van der Waals surface area contributed by atoms with E-state index in [1.165, 1.54) is 30.5 Å². The van der Waals surface area contributed by atoms with Crippen LogP contribution in [0.1, 0.15) is 10.5 Å². The van der Waals surface area contributed by atoms with Crippen LogP contribution in [-0.4, -0.2) is 19.3 Å². The minimum Gasteiger partial charge on any atom is -0.266 e. The van der Waals surface area contributed by atoms with Crippen molar-refractivity contribution in [2.24, 2.45) is 0 Å². The van der Waals surface area contributed by atoms with E-state index >= 15 is 0 Å². The number of amides is 1. The summed E-state index contributed by atoms with van der Waals surface area (Å²) in [6.07, 6.45) is 1.39. The van der Waals surface area contributed by atoms with Crippen LogP contribution in [0.5, 0.6) is 0 Å². The summed E-state index contributed by atoms with van der Waals surface area (Å²) in [5, 5.41) is 0.311. The number of aromatic nitrogens is 1. The molecule has 0 aliphatic carbocycles. The molecule has 20 heavy (non-hydrogen) atoms. The van der Waals surface area contributed by atoms with Crippen molar-refractivity contribution in [3.8, 4) is 0 Å². The molecular weight excluding hydrogens is 323 g/mol. The second-order valence-electron chi connectivity index (χ2n) is 3.75. The standard InChI is InChI=1S/C12H8Cl2N2O3S/c13-8-5-9(14)7-10(6-8)20(18,19)16-12(17)11-3-1-2-4-15-11/h1-7H,(H,16,17). The van der Waals surface area contributed by atoms with Gasteiger partial charge in [-0.3, -0.25) is 9.78 Å². The second-order valence-corrected chi connectivity index (χ2v) is 6.31. The van der Waals surface area contributed by atoms with Crippen molar-refractivity contribution < 1.29 is 13.2 Å². The van der Waals surface area contributed by atoms with Gasteiger partial charge in [0.2, 0.25) is 0 Å². The van der Waals surface area contributed by atoms with Gasteiger partial charge in [-0.25, -0.2) is 13.1 Å². The molecule has 2 aromatic rings. The lowest BCUT2D eigenvalue weighted by Crippen LogP contribution is -2.31. The smallest absolute Gasteiger partial charge is 0.266 e. The normalized spacial score (nSPS) is 11.1. The Morgan fingerprint density at radius 1 is 1.10 bits per heavy atom. The predicted octanol–water partition coefficient (Wildman–Crippen LogP) is 2.51. The third-order valence-corrected chi connectivity index (χ3v) is 4.02. The molecule has 8 heteroatoms. The number of carbonyl (C=O) groups excluding carboxylic acids is 1. The van der Waals surface area contributed by atoms with Crippen LogP contribution in [0.4, 0.5) is 0 Å². The molecule has 0 saturated carbocycles. The molecule has 1 heterocycles. The highest BCUT2D eigenvalue weighted by molar-refractivity contribution is 7.90. The molecule has 1 amide bonds. The van der Waals surface area contributed by atoms with Gasteiger partial charge >= 0.3 is 0 Å². The van der Waals surface area contributed by atoms with Gasteiger partial charge in [-0.2, -0.15) is 0 Å². The van der Waals surface area contributed by atoms with Crippen molar-refractivity contribution in [1.29, 1.82) is 0 Å². The number of nitrogens with one attached hydrogen (secondary N) is 1. The van der Waals surface area contributed by atoms with Gasteiger partial charge in [-0.15, -0.1) is 0 Å².